The SMILES string of the molecule is Cc1cc(C)c(-c2cccc3c(C(=O)NCCCC4CC4)n(C)nc23)c(C)c1. The Bertz CT molecular complexity index is 1020. The molecule has 0 unspecified atom stereocenters. The van der Waals surface area contributed by atoms with Gasteiger partial charge in [-0.25, -0.2) is 0 Å². The van der Waals surface area contributed by atoms with Crippen molar-refractivity contribution in [1.29, 1.82) is 0 Å². The van der Waals surface area contributed by atoms with Gasteiger partial charge >= 0.3 is 0 Å². The van der Waals surface area contributed by atoms with Crippen LogP contribution in [0.4, 0.5) is 0 Å². The average Bonchev–Trinajstić information content (AvgIpc) is 3.38. The second-order valence-electron chi connectivity index (χ2n) is 8.29. The number of benzene rings is 2. The molecule has 0 atom stereocenters. The zero-order valence-electron chi connectivity index (χ0n) is 17.3. The summed E-state index contributed by atoms with van der Waals surface area (Å²) < 4.78 is 1.73. The molecule has 4 heteroatoms. The Morgan fingerprint density at radius 1 is 1.18 bits per heavy atom. The van der Waals surface area contributed by atoms with Crippen LogP contribution in [-0.4, -0.2) is 22.2 Å². The van der Waals surface area contributed by atoms with Gasteiger partial charge in [0.15, 0.2) is 0 Å². The molecule has 1 N–H and O–H groups in total. The first-order valence-electron chi connectivity index (χ1n) is 10.3. The summed E-state index contributed by atoms with van der Waals surface area (Å²) in [5.41, 5.74) is 7.58. The minimum absolute atomic E-state index is 0.0321. The fourth-order valence-corrected chi connectivity index (χ4v) is 4.38. The van der Waals surface area contributed by atoms with Crippen molar-refractivity contribution in [1.82, 2.24) is 15.1 Å². The Balaban J connectivity index is 1.68. The molecule has 2 aromatic carbocycles. The van der Waals surface area contributed by atoms with Gasteiger partial charge in [0.2, 0.25) is 0 Å². The van der Waals surface area contributed by atoms with Crippen LogP contribution in [0.25, 0.3) is 22.0 Å². The summed E-state index contributed by atoms with van der Waals surface area (Å²) in [7, 11) is 1.86. The summed E-state index contributed by atoms with van der Waals surface area (Å²) in [5.74, 6) is 0.869. The molecule has 4 rings (SSSR count). The number of rotatable bonds is 6. The van der Waals surface area contributed by atoms with Crippen LogP contribution in [0.15, 0.2) is 30.3 Å². The summed E-state index contributed by atoms with van der Waals surface area (Å²) >= 11 is 0. The summed E-state index contributed by atoms with van der Waals surface area (Å²) in [6, 6.07) is 10.6. The molecule has 1 heterocycles. The molecule has 1 fully saturated rings. The molecule has 0 spiro atoms. The van der Waals surface area contributed by atoms with Crippen molar-refractivity contribution in [2.45, 2.75) is 46.5 Å². The fraction of sp³-hybridized carbons (Fsp3) is 0.417. The van der Waals surface area contributed by atoms with Gasteiger partial charge in [0, 0.05) is 24.5 Å². The van der Waals surface area contributed by atoms with Crippen LogP contribution in [0.5, 0.6) is 0 Å². The maximum Gasteiger partial charge on any atom is 0.270 e. The molecule has 0 aliphatic heterocycles. The number of hydrogen-bond acceptors (Lipinski definition) is 2. The predicted octanol–water partition coefficient (Wildman–Crippen LogP) is 5.09. The highest BCUT2D eigenvalue weighted by Crippen LogP contribution is 2.35. The van der Waals surface area contributed by atoms with E-state index in [-0.39, 0.29) is 5.91 Å². The number of nitrogens with zero attached hydrogens (tertiary/aromatic N) is 2. The van der Waals surface area contributed by atoms with E-state index in [1.54, 1.807) is 4.68 Å². The van der Waals surface area contributed by atoms with E-state index in [0.29, 0.717) is 5.69 Å². The molecule has 1 aliphatic rings. The maximum absolute atomic E-state index is 12.9. The van der Waals surface area contributed by atoms with E-state index in [1.165, 1.54) is 41.5 Å². The van der Waals surface area contributed by atoms with Crippen LogP contribution in [0.3, 0.4) is 0 Å². The van der Waals surface area contributed by atoms with E-state index in [4.69, 9.17) is 5.10 Å². The minimum Gasteiger partial charge on any atom is -0.351 e. The van der Waals surface area contributed by atoms with Crippen molar-refractivity contribution in [2.24, 2.45) is 13.0 Å². The van der Waals surface area contributed by atoms with Gasteiger partial charge in [-0.3, -0.25) is 9.48 Å². The third kappa shape index (κ3) is 3.56. The lowest BCUT2D eigenvalue weighted by Gasteiger charge is -2.12. The number of amides is 1. The Morgan fingerprint density at radius 3 is 2.57 bits per heavy atom. The van der Waals surface area contributed by atoms with Crippen molar-refractivity contribution in [2.75, 3.05) is 6.54 Å². The largest absolute Gasteiger partial charge is 0.351 e. The minimum atomic E-state index is -0.0321. The summed E-state index contributed by atoms with van der Waals surface area (Å²) in [5, 5.41) is 8.74. The van der Waals surface area contributed by atoms with Gasteiger partial charge in [0.1, 0.15) is 11.2 Å². The summed E-state index contributed by atoms with van der Waals surface area (Å²) in [6.07, 6.45) is 5.00. The monoisotopic (exact) mass is 375 g/mol. The third-order valence-electron chi connectivity index (χ3n) is 5.80. The van der Waals surface area contributed by atoms with Crippen LogP contribution >= 0.6 is 0 Å². The number of nitrogens with one attached hydrogen (secondary N) is 1. The molecule has 0 radical (unpaired) electrons. The van der Waals surface area contributed by atoms with E-state index in [2.05, 4.69) is 44.3 Å². The molecule has 3 aromatic rings. The number of aromatic nitrogens is 2. The van der Waals surface area contributed by atoms with Gasteiger partial charge in [-0.05, 0) is 56.2 Å². The summed E-state index contributed by atoms with van der Waals surface area (Å²) in [6.45, 7) is 7.14. The highest BCUT2D eigenvalue weighted by molar-refractivity contribution is 6.08. The van der Waals surface area contributed by atoms with Crippen LogP contribution in [-0.2, 0) is 7.05 Å². The first kappa shape index (κ1) is 18.7. The van der Waals surface area contributed by atoms with E-state index in [0.717, 1.165) is 35.3 Å². The number of hydrogen-bond donors (Lipinski definition) is 1. The van der Waals surface area contributed by atoms with Crippen molar-refractivity contribution in [3.05, 3.63) is 52.7 Å². The molecular weight excluding hydrogens is 346 g/mol. The molecule has 1 aliphatic carbocycles. The zero-order valence-corrected chi connectivity index (χ0v) is 17.3. The Hall–Kier alpha value is -2.62. The van der Waals surface area contributed by atoms with Crippen molar-refractivity contribution in [3.8, 4) is 11.1 Å². The smallest absolute Gasteiger partial charge is 0.270 e. The molecule has 1 saturated carbocycles. The molecule has 1 amide bonds. The Labute approximate surface area is 166 Å². The second kappa shape index (κ2) is 7.42. The van der Waals surface area contributed by atoms with Gasteiger partial charge in [-0.2, -0.15) is 5.10 Å². The quantitative estimate of drug-likeness (QED) is 0.610. The van der Waals surface area contributed by atoms with E-state index < -0.39 is 0 Å². The standard InChI is InChI=1S/C24H29N3O/c1-15-13-16(2)21(17(3)14-15)19-8-5-9-20-22(19)26-27(4)23(20)24(28)25-12-6-7-18-10-11-18/h5,8-9,13-14,18H,6-7,10-12H2,1-4H3,(H,25,28). The number of aryl methyl sites for hydroxylation is 4. The zero-order chi connectivity index (χ0) is 19.8. The number of carbonyl (C=O) groups excluding carboxylic acids is 1. The average molecular weight is 376 g/mol. The Kier molecular flexibility index (Phi) is 4.96. The van der Waals surface area contributed by atoms with Gasteiger partial charge in [-0.1, -0.05) is 48.7 Å². The van der Waals surface area contributed by atoms with E-state index in [1.807, 2.05) is 19.2 Å². The molecule has 146 valence electrons. The first-order valence-corrected chi connectivity index (χ1v) is 10.3. The summed E-state index contributed by atoms with van der Waals surface area (Å²) in [4.78, 5) is 12.9. The molecule has 1 aromatic heterocycles. The molecular formula is C24H29N3O. The van der Waals surface area contributed by atoms with Crippen LogP contribution in [0.2, 0.25) is 0 Å². The van der Waals surface area contributed by atoms with Crippen LogP contribution < -0.4 is 5.32 Å². The fourth-order valence-electron chi connectivity index (χ4n) is 4.38. The highest BCUT2D eigenvalue weighted by atomic mass is 16.2. The maximum atomic E-state index is 12.9. The van der Waals surface area contributed by atoms with Crippen molar-refractivity contribution < 1.29 is 4.79 Å². The normalized spacial score (nSPS) is 13.9. The van der Waals surface area contributed by atoms with Crippen LogP contribution in [0, 0.1) is 26.7 Å². The second-order valence-corrected chi connectivity index (χ2v) is 8.29. The Morgan fingerprint density at radius 2 is 1.89 bits per heavy atom. The van der Waals surface area contributed by atoms with E-state index in [9.17, 15) is 4.79 Å². The molecule has 0 saturated heterocycles. The van der Waals surface area contributed by atoms with Crippen molar-refractivity contribution >= 4 is 16.8 Å². The lowest BCUT2D eigenvalue weighted by molar-refractivity contribution is 0.0945. The van der Waals surface area contributed by atoms with Gasteiger partial charge in [0.05, 0.1) is 0 Å². The predicted molar refractivity (Wildman–Crippen MR) is 115 cm³/mol. The lowest BCUT2D eigenvalue weighted by Crippen LogP contribution is -2.26. The number of carbonyl (C=O) groups is 1. The van der Waals surface area contributed by atoms with Gasteiger partial charge < -0.3 is 5.32 Å². The topological polar surface area (TPSA) is 46.9 Å². The van der Waals surface area contributed by atoms with Gasteiger partial charge in [0.25, 0.3) is 5.91 Å². The van der Waals surface area contributed by atoms with Gasteiger partial charge in [-0.15, -0.1) is 0 Å². The molecule has 28 heavy (non-hydrogen) atoms. The third-order valence-corrected chi connectivity index (χ3v) is 5.80. The van der Waals surface area contributed by atoms with E-state index >= 15 is 0 Å². The van der Waals surface area contributed by atoms with Crippen LogP contribution in [0.1, 0.15) is 52.9 Å². The number of fused-ring (bicyclic) bond motifs is 1. The first-order chi connectivity index (χ1) is 13.5. The van der Waals surface area contributed by atoms with Crippen molar-refractivity contribution in [3.63, 3.8) is 0 Å². The molecule has 0 bridgehead atoms. The molecule has 4 nitrogen and oxygen atoms in total. The lowest BCUT2D eigenvalue weighted by atomic mass is 9.92. The highest BCUT2D eigenvalue weighted by Gasteiger charge is 2.22.